The summed E-state index contributed by atoms with van der Waals surface area (Å²) in [5.41, 5.74) is 5.28. The first-order valence-corrected chi connectivity index (χ1v) is 5.16. The van der Waals surface area contributed by atoms with E-state index >= 15 is 0 Å². The van der Waals surface area contributed by atoms with E-state index < -0.39 is 18.0 Å². The van der Waals surface area contributed by atoms with Crippen molar-refractivity contribution in [3.05, 3.63) is 33.1 Å². The van der Waals surface area contributed by atoms with E-state index in [0.29, 0.717) is 3.57 Å². The van der Waals surface area contributed by atoms with Crippen molar-refractivity contribution in [3.8, 4) is 0 Å². The van der Waals surface area contributed by atoms with Gasteiger partial charge in [0.15, 0.2) is 0 Å². The van der Waals surface area contributed by atoms with Crippen LogP contribution in [0.5, 0.6) is 0 Å². The highest BCUT2D eigenvalue weighted by Gasteiger charge is 2.22. The molecule has 0 saturated heterocycles. The van der Waals surface area contributed by atoms with Crippen molar-refractivity contribution in [3.63, 3.8) is 0 Å². The molecular formula is C9H11FINO2. The smallest absolute Gasteiger partial charge is 0.130 e. The summed E-state index contributed by atoms with van der Waals surface area (Å²) >= 11 is 1.90. The lowest BCUT2D eigenvalue weighted by molar-refractivity contribution is 0.0217. The van der Waals surface area contributed by atoms with Gasteiger partial charge in [-0.05, 0) is 34.7 Å². The Balaban J connectivity index is 3.05. The first kappa shape index (κ1) is 11.8. The summed E-state index contributed by atoms with van der Waals surface area (Å²) in [5, 5.41) is 18.9. The third-order valence-electron chi connectivity index (χ3n) is 1.90. The molecule has 0 amide bonds. The van der Waals surface area contributed by atoms with Gasteiger partial charge in [-0.15, -0.1) is 0 Å². The lowest BCUT2D eigenvalue weighted by atomic mass is 10.0. The summed E-state index contributed by atoms with van der Waals surface area (Å²) in [6, 6.07) is 4.44. The minimum atomic E-state index is -1.27. The number of rotatable bonds is 3. The Bertz CT molecular complexity index is 301. The molecule has 1 aromatic rings. The van der Waals surface area contributed by atoms with Crippen LogP contribution >= 0.6 is 22.6 Å². The number of nitrogens with two attached hydrogens (primary N) is 1. The molecule has 0 bridgehead atoms. The molecule has 14 heavy (non-hydrogen) atoms. The fraction of sp³-hybridized carbons (Fsp3) is 0.333. The summed E-state index contributed by atoms with van der Waals surface area (Å²) in [4.78, 5) is 0. The van der Waals surface area contributed by atoms with E-state index in [1.807, 2.05) is 22.6 Å². The van der Waals surface area contributed by atoms with Crippen LogP contribution in [0.2, 0.25) is 0 Å². The first-order chi connectivity index (χ1) is 6.57. The van der Waals surface area contributed by atoms with Gasteiger partial charge < -0.3 is 15.9 Å². The third kappa shape index (κ3) is 2.41. The van der Waals surface area contributed by atoms with Crippen molar-refractivity contribution in [2.75, 3.05) is 6.54 Å². The Hall–Kier alpha value is -0.240. The van der Waals surface area contributed by atoms with Crippen molar-refractivity contribution < 1.29 is 14.6 Å². The van der Waals surface area contributed by atoms with Crippen LogP contribution in [0, 0.1) is 9.39 Å². The quantitative estimate of drug-likeness (QED) is 0.723. The first-order valence-electron chi connectivity index (χ1n) is 4.08. The molecule has 5 heteroatoms. The normalized spacial score (nSPS) is 15.2. The minimum Gasteiger partial charge on any atom is -0.389 e. The van der Waals surface area contributed by atoms with E-state index in [1.54, 1.807) is 12.1 Å². The number of hydrogen-bond donors (Lipinski definition) is 3. The molecule has 1 aromatic carbocycles. The zero-order valence-corrected chi connectivity index (χ0v) is 9.48. The molecule has 0 spiro atoms. The molecule has 0 fully saturated rings. The molecule has 2 unspecified atom stereocenters. The lowest BCUT2D eigenvalue weighted by Crippen LogP contribution is -2.28. The molecular weight excluding hydrogens is 300 g/mol. The van der Waals surface area contributed by atoms with E-state index in [2.05, 4.69) is 0 Å². The molecule has 0 aliphatic carbocycles. The van der Waals surface area contributed by atoms with Crippen LogP contribution in [-0.4, -0.2) is 22.9 Å². The van der Waals surface area contributed by atoms with E-state index in [4.69, 9.17) is 5.73 Å². The largest absolute Gasteiger partial charge is 0.389 e. The number of hydrogen-bond acceptors (Lipinski definition) is 3. The Morgan fingerprint density at radius 3 is 2.57 bits per heavy atom. The van der Waals surface area contributed by atoms with E-state index in [-0.39, 0.29) is 12.1 Å². The molecule has 2 atom stereocenters. The van der Waals surface area contributed by atoms with Crippen molar-refractivity contribution in [2.24, 2.45) is 5.73 Å². The van der Waals surface area contributed by atoms with Crippen LogP contribution in [0.1, 0.15) is 11.7 Å². The van der Waals surface area contributed by atoms with Gasteiger partial charge in [0.2, 0.25) is 0 Å². The molecule has 0 radical (unpaired) electrons. The number of halogens is 2. The van der Waals surface area contributed by atoms with Crippen molar-refractivity contribution in [2.45, 2.75) is 12.2 Å². The molecule has 0 aromatic heterocycles. The standard InChI is InChI=1S/C9H11FINO2/c10-5-2-1-3-6(11)8(5)9(14)7(13)4-12/h1-3,7,9,13-14H,4,12H2. The van der Waals surface area contributed by atoms with Gasteiger partial charge in [0.25, 0.3) is 0 Å². The Kier molecular flexibility index (Phi) is 4.24. The molecule has 0 saturated carbocycles. The highest BCUT2D eigenvalue weighted by atomic mass is 127. The number of aliphatic hydroxyl groups is 2. The molecule has 0 heterocycles. The van der Waals surface area contributed by atoms with E-state index in [1.165, 1.54) is 6.07 Å². The van der Waals surface area contributed by atoms with Crippen LogP contribution in [0.25, 0.3) is 0 Å². The van der Waals surface area contributed by atoms with E-state index in [9.17, 15) is 14.6 Å². The number of benzene rings is 1. The maximum atomic E-state index is 13.3. The fourth-order valence-corrected chi connectivity index (χ4v) is 1.90. The van der Waals surface area contributed by atoms with Gasteiger partial charge in [0, 0.05) is 15.7 Å². The van der Waals surface area contributed by atoms with Gasteiger partial charge in [-0.25, -0.2) is 4.39 Å². The Morgan fingerprint density at radius 1 is 1.43 bits per heavy atom. The summed E-state index contributed by atoms with van der Waals surface area (Å²) in [6.45, 7) is -0.106. The van der Waals surface area contributed by atoms with Crippen LogP contribution in [-0.2, 0) is 0 Å². The van der Waals surface area contributed by atoms with Gasteiger partial charge >= 0.3 is 0 Å². The highest BCUT2D eigenvalue weighted by Crippen LogP contribution is 2.25. The average molecular weight is 311 g/mol. The van der Waals surface area contributed by atoms with Crippen molar-refractivity contribution >= 4 is 22.6 Å². The molecule has 78 valence electrons. The van der Waals surface area contributed by atoms with Crippen molar-refractivity contribution in [1.82, 2.24) is 0 Å². The molecule has 1 rings (SSSR count). The van der Waals surface area contributed by atoms with Crippen LogP contribution in [0.4, 0.5) is 4.39 Å². The lowest BCUT2D eigenvalue weighted by Gasteiger charge is -2.18. The van der Waals surface area contributed by atoms with Gasteiger partial charge in [0.1, 0.15) is 11.9 Å². The van der Waals surface area contributed by atoms with Gasteiger partial charge in [-0.2, -0.15) is 0 Å². The molecule has 0 aliphatic heterocycles. The zero-order valence-electron chi connectivity index (χ0n) is 7.32. The summed E-state index contributed by atoms with van der Waals surface area (Å²) < 4.78 is 13.9. The summed E-state index contributed by atoms with van der Waals surface area (Å²) in [7, 11) is 0. The SMILES string of the molecule is NCC(O)C(O)c1c(F)cccc1I. The van der Waals surface area contributed by atoms with Crippen LogP contribution < -0.4 is 5.73 Å². The predicted octanol–water partition coefficient (Wildman–Crippen LogP) is 0.783. The summed E-state index contributed by atoms with van der Waals surface area (Å²) in [6.07, 6.45) is -2.41. The van der Waals surface area contributed by atoms with Gasteiger partial charge in [-0.3, -0.25) is 0 Å². The van der Waals surface area contributed by atoms with Crippen LogP contribution in [0.3, 0.4) is 0 Å². The Morgan fingerprint density at radius 2 is 2.07 bits per heavy atom. The third-order valence-corrected chi connectivity index (χ3v) is 2.84. The van der Waals surface area contributed by atoms with E-state index in [0.717, 1.165) is 0 Å². The molecule has 0 aliphatic rings. The summed E-state index contributed by atoms with van der Waals surface area (Å²) in [5.74, 6) is -0.531. The minimum absolute atomic E-state index is 0.103. The predicted molar refractivity (Wildman–Crippen MR) is 59.1 cm³/mol. The van der Waals surface area contributed by atoms with Gasteiger partial charge in [-0.1, -0.05) is 6.07 Å². The fourth-order valence-electron chi connectivity index (χ4n) is 1.11. The second kappa shape index (κ2) is 5.01. The zero-order chi connectivity index (χ0) is 10.7. The monoisotopic (exact) mass is 311 g/mol. The second-order valence-electron chi connectivity index (χ2n) is 2.88. The topological polar surface area (TPSA) is 66.5 Å². The maximum absolute atomic E-state index is 13.3. The van der Waals surface area contributed by atoms with Crippen LogP contribution in [0.15, 0.2) is 18.2 Å². The maximum Gasteiger partial charge on any atom is 0.130 e. The second-order valence-corrected chi connectivity index (χ2v) is 4.05. The average Bonchev–Trinajstić information content (AvgIpc) is 2.16. The molecule has 4 N–H and O–H groups in total. The van der Waals surface area contributed by atoms with Gasteiger partial charge in [0.05, 0.1) is 6.10 Å². The highest BCUT2D eigenvalue weighted by molar-refractivity contribution is 14.1. The van der Waals surface area contributed by atoms with Crippen molar-refractivity contribution in [1.29, 1.82) is 0 Å². The number of aliphatic hydroxyl groups excluding tert-OH is 2. The Labute approximate surface area is 94.9 Å². The molecule has 3 nitrogen and oxygen atoms in total.